The number of halogens is 1. The van der Waals surface area contributed by atoms with Gasteiger partial charge in [-0.3, -0.25) is 4.79 Å². The van der Waals surface area contributed by atoms with E-state index in [4.69, 9.17) is 4.74 Å². The molecule has 0 bridgehead atoms. The van der Waals surface area contributed by atoms with Crippen molar-refractivity contribution in [3.05, 3.63) is 76.8 Å². The Balaban J connectivity index is 1.55. The van der Waals surface area contributed by atoms with Gasteiger partial charge in [0.05, 0.1) is 4.47 Å². The van der Waals surface area contributed by atoms with Gasteiger partial charge >= 0.3 is 0 Å². The first-order chi connectivity index (χ1) is 12.1. The van der Waals surface area contributed by atoms with E-state index in [1.165, 1.54) is 5.56 Å². The lowest BCUT2D eigenvalue weighted by molar-refractivity contribution is -0.123. The van der Waals surface area contributed by atoms with Crippen LogP contribution in [0.15, 0.2) is 71.2 Å². The molecule has 0 heterocycles. The lowest BCUT2D eigenvalue weighted by Gasteiger charge is -2.14. The highest BCUT2D eigenvalue weighted by Crippen LogP contribution is 2.32. The number of hydrogen-bond donors (Lipinski definition) is 1. The van der Waals surface area contributed by atoms with E-state index >= 15 is 0 Å². The van der Waals surface area contributed by atoms with Gasteiger partial charge in [-0.2, -0.15) is 0 Å². The predicted octanol–water partition coefficient (Wildman–Crippen LogP) is 4.90. The van der Waals surface area contributed by atoms with Crippen LogP contribution < -0.4 is 10.1 Å². The highest BCUT2D eigenvalue weighted by atomic mass is 79.9. The summed E-state index contributed by atoms with van der Waals surface area (Å²) in [6, 6.07) is 22.1. The second-order valence-electron chi connectivity index (χ2n) is 6.00. The molecular weight excluding hydrogens is 378 g/mol. The van der Waals surface area contributed by atoms with Gasteiger partial charge in [-0.25, -0.2) is 0 Å². The summed E-state index contributed by atoms with van der Waals surface area (Å²) in [6.45, 7) is 2.68. The molecule has 25 heavy (non-hydrogen) atoms. The van der Waals surface area contributed by atoms with Crippen LogP contribution in [0, 0.1) is 0 Å². The third-order valence-corrected chi connectivity index (χ3v) is 4.98. The fourth-order valence-electron chi connectivity index (χ4n) is 2.69. The van der Waals surface area contributed by atoms with Crippen molar-refractivity contribution < 1.29 is 9.53 Å². The molecule has 1 amide bonds. The molecule has 3 aromatic carbocycles. The normalized spacial score (nSPS) is 11.9. The topological polar surface area (TPSA) is 38.3 Å². The Hall–Kier alpha value is -2.33. The van der Waals surface area contributed by atoms with Crippen molar-refractivity contribution in [3.63, 3.8) is 0 Å². The van der Waals surface area contributed by atoms with Crippen LogP contribution >= 0.6 is 15.9 Å². The van der Waals surface area contributed by atoms with Crippen LogP contribution in [0.3, 0.4) is 0 Å². The molecule has 0 aliphatic heterocycles. The maximum atomic E-state index is 12.1. The van der Waals surface area contributed by atoms with Crippen molar-refractivity contribution in [1.29, 1.82) is 0 Å². The molecule has 0 saturated heterocycles. The molecule has 0 unspecified atom stereocenters. The van der Waals surface area contributed by atoms with E-state index in [9.17, 15) is 4.79 Å². The maximum absolute atomic E-state index is 12.1. The number of amides is 1. The van der Waals surface area contributed by atoms with E-state index in [2.05, 4.69) is 40.3 Å². The number of benzene rings is 3. The average Bonchev–Trinajstić information content (AvgIpc) is 2.66. The molecule has 0 saturated carbocycles. The molecule has 4 heteroatoms. The van der Waals surface area contributed by atoms with Crippen molar-refractivity contribution in [2.75, 3.05) is 13.2 Å². The fraction of sp³-hybridized carbons (Fsp3) is 0.190. The smallest absolute Gasteiger partial charge is 0.257 e. The molecule has 0 aliphatic carbocycles. The predicted molar refractivity (Wildman–Crippen MR) is 105 cm³/mol. The van der Waals surface area contributed by atoms with Gasteiger partial charge in [0.15, 0.2) is 6.61 Å². The molecule has 1 atom stereocenters. The number of carbonyl (C=O) groups is 1. The van der Waals surface area contributed by atoms with Crippen LogP contribution in [0.25, 0.3) is 10.8 Å². The number of ether oxygens (including phenoxy) is 1. The van der Waals surface area contributed by atoms with E-state index < -0.39 is 0 Å². The van der Waals surface area contributed by atoms with Gasteiger partial charge in [0.25, 0.3) is 5.91 Å². The largest absolute Gasteiger partial charge is 0.483 e. The van der Waals surface area contributed by atoms with Crippen LogP contribution in [0.1, 0.15) is 18.4 Å². The summed E-state index contributed by atoms with van der Waals surface area (Å²) in [5.41, 5.74) is 1.21. The first-order valence-corrected chi connectivity index (χ1v) is 9.06. The monoisotopic (exact) mass is 397 g/mol. The lowest BCUT2D eigenvalue weighted by Crippen LogP contribution is -2.31. The van der Waals surface area contributed by atoms with Crippen molar-refractivity contribution in [3.8, 4) is 5.75 Å². The van der Waals surface area contributed by atoms with E-state index in [1.54, 1.807) is 0 Å². The molecule has 0 radical (unpaired) electrons. The number of carbonyl (C=O) groups excluding carboxylic acids is 1. The molecule has 128 valence electrons. The first kappa shape index (κ1) is 17.5. The van der Waals surface area contributed by atoms with Gasteiger partial charge < -0.3 is 10.1 Å². The molecule has 1 N–H and O–H groups in total. The Morgan fingerprint density at radius 1 is 1.04 bits per heavy atom. The number of nitrogens with one attached hydrogen (secondary N) is 1. The van der Waals surface area contributed by atoms with E-state index in [1.807, 2.05) is 54.6 Å². The van der Waals surface area contributed by atoms with E-state index in [-0.39, 0.29) is 18.4 Å². The van der Waals surface area contributed by atoms with Crippen LogP contribution in [-0.2, 0) is 4.79 Å². The fourth-order valence-corrected chi connectivity index (χ4v) is 3.29. The van der Waals surface area contributed by atoms with Crippen molar-refractivity contribution in [1.82, 2.24) is 5.32 Å². The minimum Gasteiger partial charge on any atom is -0.483 e. The summed E-state index contributed by atoms with van der Waals surface area (Å²) in [6.07, 6.45) is 0. The zero-order valence-corrected chi connectivity index (χ0v) is 15.6. The standard InChI is InChI=1S/C21H20BrNO2/c1-15(16-7-3-2-4-8-16)13-23-20(24)14-25-19-12-11-17-9-5-6-10-18(17)21(19)22/h2-12,15H,13-14H2,1H3,(H,23,24)/t15-/m1/s1. The van der Waals surface area contributed by atoms with Gasteiger partial charge in [-0.05, 0) is 44.3 Å². The Morgan fingerprint density at radius 2 is 1.76 bits per heavy atom. The summed E-state index contributed by atoms with van der Waals surface area (Å²) in [7, 11) is 0. The third kappa shape index (κ3) is 4.40. The Labute approximate surface area is 156 Å². The van der Waals surface area contributed by atoms with Crippen LogP contribution in [-0.4, -0.2) is 19.1 Å². The third-order valence-electron chi connectivity index (χ3n) is 4.16. The Bertz CT molecular complexity index is 864. The van der Waals surface area contributed by atoms with E-state index in [0.29, 0.717) is 12.3 Å². The summed E-state index contributed by atoms with van der Waals surface area (Å²) in [5.74, 6) is 0.811. The molecule has 0 aromatic heterocycles. The maximum Gasteiger partial charge on any atom is 0.257 e. The minimum absolute atomic E-state index is 0.00154. The van der Waals surface area contributed by atoms with Crippen LogP contribution in [0.4, 0.5) is 0 Å². The lowest BCUT2D eigenvalue weighted by atomic mass is 10.0. The van der Waals surface area contributed by atoms with Gasteiger partial charge in [0.1, 0.15) is 5.75 Å². The summed E-state index contributed by atoms with van der Waals surface area (Å²) in [4.78, 5) is 12.1. The zero-order valence-electron chi connectivity index (χ0n) is 14.0. The number of rotatable bonds is 6. The quantitative estimate of drug-likeness (QED) is 0.642. The summed E-state index contributed by atoms with van der Waals surface area (Å²) in [5, 5.41) is 5.12. The number of fused-ring (bicyclic) bond motifs is 1. The van der Waals surface area contributed by atoms with Crippen molar-refractivity contribution >= 4 is 32.6 Å². The Morgan fingerprint density at radius 3 is 2.56 bits per heavy atom. The second-order valence-corrected chi connectivity index (χ2v) is 6.80. The highest BCUT2D eigenvalue weighted by Gasteiger charge is 2.10. The van der Waals surface area contributed by atoms with Crippen LogP contribution in [0.5, 0.6) is 5.75 Å². The van der Waals surface area contributed by atoms with Crippen molar-refractivity contribution in [2.24, 2.45) is 0 Å². The summed E-state index contributed by atoms with van der Waals surface area (Å²) >= 11 is 3.57. The highest BCUT2D eigenvalue weighted by molar-refractivity contribution is 9.10. The Kier molecular flexibility index (Phi) is 5.71. The molecule has 0 aliphatic rings. The number of hydrogen-bond acceptors (Lipinski definition) is 2. The molecule has 3 rings (SSSR count). The van der Waals surface area contributed by atoms with Gasteiger partial charge in [0, 0.05) is 6.54 Å². The molecule has 0 fully saturated rings. The molecular formula is C21H20BrNO2. The molecule has 0 spiro atoms. The average molecular weight is 398 g/mol. The second kappa shape index (κ2) is 8.17. The SMILES string of the molecule is C[C@H](CNC(=O)COc1ccc2ccccc2c1Br)c1ccccc1. The minimum atomic E-state index is -0.122. The van der Waals surface area contributed by atoms with E-state index in [0.717, 1.165) is 15.2 Å². The summed E-state index contributed by atoms with van der Waals surface area (Å²) < 4.78 is 6.56. The molecule has 3 aromatic rings. The zero-order chi connectivity index (χ0) is 17.6. The van der Waals surface area contributed by atoms with Gasteiger partial charge in [-0.1, -0.05) is 67.6 Å². The van der Waals surface area contributed by atoms with Gasteiger partial charge in [0.2, 0.25) is 0 Å². The molecule has 3 nitrogen and oxygen atoms in total. The van der Waals surface area contributed by atoms with Crippen LogP contribution in [0.2, 0.25) is 0 Å². The van der Waals surface area contributed by atoms with Gasteiger partial charge in [-0.15, -0.1) is 0 Å². The first-order valence-electron chi connectivity index (χ1n) is 8.27. The van der Waals surface area contributed by atoms with Crippen molar-refractivity contribution in [2.45, 2.75) is 12.8 Å².